The second-order valence-corrected chi connectivity index (χ2v) is 4.74. The minimum absolute atomic E-state index is 0.212. The van der Waals surface area contributed by atoms with Crippen LogP contribution in [-0.4, -0.2) is 11.9 Å². The van der Waals surface area contributed by atoms with E-state index in [9.17, 15) is 5.11 Å². The molecule has 0 saturated heterocycles. The van der Waals surface area contributed by atoms with Crippen molar-refractivity contribution in [3.05, 3.63) is 47.5 Å². The highest BCUT2D eigenvalue weighted by molar-refractivity contribution is 5.53. The SMILES string of the molecule is CCc1ccc(NCc2cc3c(cc2O)OCO3)cc1. The van der Waals surface area contributed by atoms with Gasteiger partial charge in [-0.05, 0) is 30.2 Å². The van der Waals surface area contributed by atoms with Gasteiger partial charge in [-0.3, -0.25) is 0 Å². The molecule has 0 amide bonds. The van der Waals surface area contributed by atoms with Crippen molar-refractivity contribution in [3.8, 4) is 17.2 Å². The molecule has 0 fully saturated rings. The molecule has 2 aromatic rings. The van der Waals surface area contributed by atoms with Crippen molar-refractivity contribution in [2.75, 3.05) is 12.1 Å². The van der Waals surface area contributed by atoms with Gasteiger partial charge in [0.25, 0.3) is 0 Å². The monoisotopic (exact) mass is 271 g/mol. The average molecular weight is 271 g/mol. The summed E-state index contributed by atoms with van der Waals surface area (Å²) in [4.78, 5) is 0. The van der Waals surface area contributed by atoms with Gasteiger partial charge >= 0.3 is 0 Å². The third-order valence-corrected chi connectivity index (χ3v) is 3.42. The maximum absolute atomic E-state index is 9.96. The van der Waals surface area contributed by atoms with E-state index in [4.69, 9.17) is 9.47 Å². The second-order valence-electron chi connectivity index (χ2n) is 4.74. The van der Waals surface area contributed by atoms with Crippen molar-refractivity contribution in [2.24, 2.45) is 0 Å². The van der Waals surface area contributed by atoms with E-state index < -0.39 is 0 Å². The zero-order chi connectivity index (χ0) is 13.9. The van der Waals surface area contributed by atoms with E-state index in [0.29, 0.717) is 18.0 Å². The summed E-state index contributed by atoms with van der Waals surface area (Å²) in [6.07, 6.45) is 1.03. The van der Waals surface area contributed by atoms with E-state index in [1.54, 1.807) is 6.07 Å². The van der Waals surface area contributed by atoms with Crippen molar-refractivity contribution in [1.82, 2.24) is 0 Å². The first-order valence-corrected chi connectivity index (χ1v) is 6.70. The molecule has 0 aromatic heterocycles. The van der Waals surface area contributed by atoms with Gasteiger partial charge in [-0.2, -0.15) is 0 Å². The lowest BCUT2D eigenvalue weighted by molar-refractivity contribution is 0.174. The quantitative estimate of drug-likeness (QED) is 0.896. The number of phenols is 1. The molecule has 0 spiro atoms. The van der Waals surface area contributed by atoms with E-state index >= 15 is 0 Å². The summed E-state index contributed by atoms with van der Waals surface area (Å²) in [5.74, 6) is 1.49. The first-order valence-electron chi connectivity index (χ1n) is 6.70. The van der Waals surface area contributed by atoms with Gasteiger partial charge in [0.05, 0.1) is 0 Å². The summed E-state index contributed by atoms with van der Waals surface area (Å²) in [7, 11) is 0. The summed E-state index contributed by atoms with van der Waals surface area (Å²) in [5.41, 5.74) is 3.12. The van der Waals surface area contributed by atoms with E-state index in [1.807, 2.05) is 18.2 Å². The fourth-order valence-electron chi connectivity index (χ4n) is 2.17. The van der Waals surface area contributed by atoms with Crippen LogP contribution in [0.5, 0.6) is 17.2 Å². The van der Waals surface area contributed by atoms with Crippen LogP contribution in [0.15, 0.2) is 36.4 Å². The fourth-order valence-corrected chi connectivity index (χ4v) is 2.17. The molecule has 0 saturated carbocycles. The Hall–Kier alpha value is -2.36. The minimum Gasteiger partial charge on any atom is -0.507 e. The number of hydrogen-bond donors (Lipinski definition) is 2. The lowest BCUT2D eigenvalue weighted by Gasteiger charge is -2.09. The summed E-state index contributed by atoms with van der Waals surface area (Å²) in [6.45, 7) is 2.88. The number of benzene rings is 2. The summed E-state index contributed by atoms with van der Waals surface area (Å²) >= 11 is 0. The number of aryl methyl sites for hydroxylation is 1. The fraction of sp³-hybridized carbons (Fsp3) is 0.250. The van der Waals surface area contributed by atoms with Gasteiger partial charge in [-0.15, -0.1) is 0 Å². The van der Waals surface area contributed by atoms with Gasteiger partial charge in [0.15, 0.2) is 11.5 Å². The second kappa shape index (κ2) is 5.33. The molecule has 0 radical (unpaired) electrons. The van der Waals surface area contributed by atoms with Crippen LogP contribution in [0.2, 0.25) is 0 Å². The largest absolute Gasteiger partial charge is 0.507 e. The highest BCUT2D eigenvalue weighted by atomic mass is 16.7. The molecular formula is C16H17NO3. The number of anilines is 1. The number of nitrogens with one attached hydrogen (secondary N) is 1. The molecule has 0 aliphatic carbocycles. The molecule has 20 heavy (non-hydrogen) atoms. The Kier molecular flexibility index (Phi) is 3.37. The van der Waals surface area contributed by atoms with Gasteiger partial charge in [-0.1, -0.05) is 19.1 Å². The molecule has 0 atom stereocenters. The van der Waals surface area contributed by atoms with Gasteiger partial charge in [0, 0.05) is 23.9 Å². The standard InChI is InChI=1S/C16H17NO3/c1-2-11-3-5-13(6-4-11)17-9-12-7-15-16(8-14(12)18)20-10-19-15/h3-8,17-18H,2,9-10H2,1H3. The Morgan fingerprint density at radius 2 is 1.80 bits per heavy atom. The Labute approximate surface area is 118 Å². The van der Waals surface area contributed by atoms with Crippen LogP contribution >= 0.6 is 0 Å². The van der Waals surface area contributed by atoms with Gasteiger partial charge < -0.3 is 19.9 Å². The molecule has 4 heteroatoms. The average Bonchev–Trinajstić information content (AvgIpc) is 2.92. The molecule has 3 rings (SSSR count). The van der Waals surface area contributed by atoms with Crippen molar-refractivity contribution in [2.45, 2.75) is 19.9 Å². The van der Waals surface area contributed by atoms with E-state index in [1.165, 1.54) is 5.56 Å². The number of fused-ring (bicyclic) bond motifs is 1. The maximum Gasteiger partial charge on any atom is 0.231 e. The Morgan fingerprint density at radius 1 is 1.10 bits per heavy atom. The number of aromatic hydroxyl groups is 1. The summed E-state index contributed by atoms with van der Waals surface area (Å²) < 4.78 is 10.5. The van der Waals surface area contributed by atoms with Gasteiger partial charge in [0.1, 0.15) is 5.75 Å². The molecule has 2 N–H and O–H groups in total. The number of hydrogen-bond acceptors (Lipinski definition) is 4. The molecule has 1 aliphatic rings. The summed E-state index contributed by atoms with van der Waals surface area (Å²) in [6, 6.07) is 11.7. The molecule has 1 aliphatic heterocycles. The van der Waals surface area contributed by atoms with Crippen LogP contribution in [-0.2, 0) is 13.0 Å². The number of rotatable bonds is 4. The number of phenolic OH excluding ortho intramolecular Hbond substituents is 1. The van der Waals surface area contributed by atoms with E-state index in [2.05, 4.69) is 24.4 Å². The molecule has 0 unspecified atom stereocenters. The Bertz CT molecular complexity index is 608. The van der Waals surface area contributed by atoms with E-state index in [0.717, 1.165) is 17.7 Å². The highest BCUT2D eigenvalue weighted by Crippen LogP contribution is 2.37. The Balaban J connectivity index is 1.71. The third-order valence-electron chi connectivity index (χ3n) is 3.42. The highest BCUT2D eigenvalue weighted by Gasteiger charge is 2.16. The first kappa shape index (κ1) is 12.7. The van der Waals surface area contributed by atoms with Crippen LogP contribution in [0.1, 0.15) is 18.1 Å². The Morgan fingerprint density at radius 3 is 2.50 bits per heavy atom. The van der Waals surface area contributed by atoms with Gasteiger partial charge in [0.2, 0.25) is 6.79 Å². The van der Waals surface area contributed by atoms with Crippen LogP contribution in [0.4, 0.5) is 5.69 Å². The number of ether oxygens (including phenoxy) is 2. The normalized spacial score (nSPS) is 12.4. The lowest BCUT2D eigenvalue weighted by Crippen LogP contribution is -2.00. The summed E-state index contributed by atoms with van der Waals surface area (Å²) in [5, 5.41) is 13.2. The lowest BCUT2D eigenvalue weighted by atomic mass is 10.1. The predicted molar refractivity (Wildman–Crippen MR) is 77.4 cm³/mol. The van der Waals surface area contributed by atoms with Crippen LogP contribution in [0, 0.1) is 0 Å². The molecule has 2 aromatic carbocycles. The van der Waals surface area contributed by atoms with Crippen molar-refractivity contribution >= 4 is 5.69 Å². The van der Waals surface area contributed by atoms with Crippen LogP contribution < -0.4 is 14.8 Å². The molecule has 0 bridgehead atoms. The molecule has 4 nitrogen and oxygen atoms in total. The predicted octanol–water partition coefficient (Wildman–Crippen LogP) is 3.30. The maximum atomic E-state index is 9.96. The van der Waals surface area contributed by atoms with Crippen molar-refractivity contribution in [1.29, 1.82) is 0 Å². The first-order chi connectivity index (χ1) is 9.76. The smallest absolute Gasteiger partial charge is 0.231 e. The van der Waals surface area contributed by atoms with Crippen molar-refractivity contribution < 1.29 is 14.6 Å². The zero-order valence-corrected chi connectivity index (χ0v) is 11.3. The minimum atomic E-state index is 0.212. The van der Waals surface area contributed by atoms with Gasteiger partial charge in [-0.25, -0.2) is 0 Å². The molecular weight excluding hydrogens is 254 g/mol. The third kappa shape index (κ3) is 2.50. The van der Waals surface area contributed by atoms with Crippen LogP contribution in [0.3, 0.4) is 0 Å². The van der Waals surface area contributed by atoms with E-state index in [-0.39, 0.29) is 12.5 Å². The topological polar surface area (TPSA) is 50.7 Å². The zero-order valence-electron chi connectivity index (χ0n) is 11.3. The van der Waals surface area contributed by atoms with Crippen LogP contribution in [0.25, 0.3) is 0 Å². The molecule has 1 heterocycles. The van der Waals surface area contributed by atoms with Crippen molar-refractivity contribution in [3.63, 3.8) is 0 Å². The molecule has 104 valence electrons.